The highest BCUT2D eigenvalue weighted by atomic mass is 16.8. The van der Waals surface area contributed by atoms with Crippen molar-refractivity contribution in [3.8, 4) is 0 Å². The maximum absolute atomic E-state index is 13.4. The third kappa shape index (κ3) is 35.8. The fourth-order valence-corrected chi connectivity index (χ4v) is 12.4. The van der Waals surface area contributed by atoms with Crippen LogP contribution in [0.4, 0.5) is 0 Å². The molecule has 3 fully saturated rings. The zero-order valence-corrected chi connectivity index (χ0v) is 57.0. The summed E-state index contributed by atoms with van der Waals surface area (Å²) in [6.07, 6.45) is 39.6. The molecule has 0 aliphatic carbocycles. The van der Waals surface area contributed by atoms with Crippen molar-refractivity contribution < 1.29 is 89.4 Å². The second-order valence-corrected chi connectivity index (χ2v) is 26.4. The third-order valence-electron chi connectivity index (χ3n) is 18.4. The van der Waals surface area contributed by atoms with Crippen molar-refractivity contribution in [3.63, 3.8) is 0 Å². The monoisotopic (exact) mass is 1310 g/mol. The average Bonchev–Trinajstić information content (AvgIpc) is 0.840. The van der Waals surface area contributed by atoms with E-state index in [0.29, 0.717) is 6.42 Å². The Morgan fingerprint density at radius 3 is 1.12 bits per heavy atom. The van der Waals surface area contributed by atoms with Crippen molar-refractivity contribution in [1.29, 1.82) is 0 Å². The van der Waals surface area contributed by atoms with E-state index in [2.05, 4.69) is 55.6 Å². The molecule has 3 saturated heterocycles. The lowest BCUT2D eigenvalue weighted by molar-refractivity contribution is -0.379. The van der Waals surface area contributed by atoms with Crippen LogP contribution in [0.25, 0.3) is 0 Å². The fraction of sp³-hybridized carbons (Fsp3) is 0.877. The minimum absolute atomic E-state index is 0.245. The maximum atomic E-state index is 13.4. The number of ether oxygens (including phenoxy) is 6. The average molecular weight is 1310 g/mol. The first-order valence-corrected chi connectivity index (χ1v) is 36.9. The normalized spacial score (nSPS) is 27.9. The number of carbonyl (C=O) groups is 1. The van der Waals surface area contributed by atoms with Gasteiger partial charge in [-0.15, -0.1) is 0 Å². The molecule has 0 saturated carbocycles. The lowest BCUT2D eigenvalue weighted by atomic mass is 9.96. The molecule has 0 radical (unpaired) electrons. The van der Waals surface area contributed by atoms with Gasteiger partial charge in [-0.1, -0.05) is 262 Å². The van der Waals surface area contributed by atoms with Crippen LogP contribution in [-0.2, 0) is 33.2 Å². The molecule has 1 amide bonds. The minimum atomic E-state index is -1.98. The summed E-state index contributed by atoms with van der Waals surface area (Å²) in [6, 6.07) is -0.972. The molecule has 17 unspecified atom stereocenters. The van der Waals surface area contributed by atoms with Crippen LogP contribution >= 0.6 is 0 Å². The predicted molar refractivity (Wildman–Crippen MR) is 360 cm³/mol. The Morgan fingerprint density at radius 2 is 0.717 bits per heavy atom. The van der Waals surface area contributed by atoms with E-state index < -0.39 is 124 Å². The number of unbranched alkanes of at least 4 members (excludes halogenated alkanes) is 35. The summed E-state index contributed by atoms with van der Waals surface area (Å²) < 4.78 is 34.4. The van der Waals surface area contributed by atoms with Gasteiger partial charge in [-0.05, 0) is 57.8 Å². The standard InChI is InChI=1S/C73H133NO18/c1-3-5-7-9-11-13-15-17-19-20-21-22-23-24-25-26-27-28-29-30-31-32-33-34-35-36-37-39-41-43-45-47-49-51-61(79)74-56(57(78)50-48-46-44-42-40-38-18-16-14-12-10-8-6-4-2)55-87-71-67(85)64(82)69(59(53-76)89-71)92-73-68(86)65(83)70(60(54-77)90-73)91-72-66(84)63(81)62(80)58(52-75)88-72/h15,17,20-21,23-24,48,50,56-60,62-73,75-78,80-86H,3-14,16,18-19,22,25-47,49,51-55H2,1-2H3,(H,74,79)/b17-15-,21-20-,24-23-,50-48+. The van der Waals surface area contributed by atoms with E-state index in [1.807, 2.05) is 6.08 Å². The lowest BCUT2D eigenvalue weighted by Crippen LogP contribution is -2.66. The molecule has 12 N–H and O–H groups in total. The number of aliphatic hydroxyl groups excluding tert-OH is 11. The van der Waals surface area contributed by atoms with E-state index in [0.717, 1.165) is 57.8 Å². The molecule has 19 heteroatoms. The zero-order chi connectivity index (χ0) is 66.8. The quantitative estimate of drug-likeness (QED) is 0.0199. The molecule has 3 aliphatic rings. The number of amides is 1. The summed E-state index contributed by atoms with van der Waals surface area (Å²) in [5.41, 5.74) is 0. The Bertz CT molecular complexity index is 1860. The first-order chi connectivity index (χ1) is 44.8. The second kappa shape index (κ2) is 54.7. The van der Waals surface area contributed by atoms with Crippen molar-refractivity contribution in [3.05, 3.63) is 48.6 Å². The maximum Gasteiger partial charge on any atom is 0.220 e. The van der Waals surface area contributed by atoms with Gasteiger partial charge < -0.3 is 89.9 Å². The molecule has 3 heterocycles. The number of hydrogen-bond acceptors (Lipinski definition) is 18. The smallest absolute Gasteiger partial charge is 0.220 e. The van der Waals surface area contributed by atoms with Gasteiger partial charge in [0, 0.05) is 6.42 Å². The molecular weight excluding hydrogens is 1180 g/mol. The molecule has 3 rings (SSSR count). The highest BCUT2D eigenvalue weighted by Gasteiger charge is 2.53. The molecule has 0 spiro atoms. The topological polar surface area (TPSA) is 307 Å². The molecule has 538 valence electrons. The number of carbonyl (C=O) groups excluding carboxylic acids is 1. The Morgan fingerprint density at radius 1 is 0.391 bits per heavy atom. The van der Waals surface area contributed by atoms with Gasteiger partial charge in [-0.25, -0.2) is 0 Å². The van der Waals surface area contributed by atoms with Crippen LogP contribution < -0.4 is 5.32 Å². The fourth-order valence-electron chi connectivity index (χ4n) is 12.4. The Kier molecular flexibility index (Phi) is 50.0. The highest BCUT2D eigenvalue weighted by Crippen LogP contribution is 2.33. The van der Waals surface area contributed by atoms with Gasteiger partial charge in [-0.3, -0.25) is 4.79 Å². The molecule has 92 heavy (non-hydrogen) atoms. The Balaban J connectivity index is 1.35. The first kappa shape index (κ1) is 84.0. The Hall–Kier alpha value is -2.25. The van der Waals surface area contributed by atoms with Crippen LogP contribution in [0, 0.1) is 0 Å². The zero-order valence-electron chi connectivity index (χ0n) is 57.0. The number of nitrogens with one attached hydrogen (secondary N) is 1. The minimum Gasteiger partial charge on any atom is -0.394 e. The van der Waals surface area contributed by atoms with Crippen LogP contribution in [0.2, 0.25) is 0 Å². The van der Waals surface area contributed by atoms with Gasteiger partial charge in [0.15, 0.2) is 18.9 Å². The van der Waals surface area contributed by atoms with Crippen molar-refractivity contribution in [1.82, 2.24) is 5.32 Å². The van der Waals surface area contributed by atoms with E-state index in [9.17, 15) is 61.0 Å². The molecule has 3 aliphatic heterocycles. The second-order valence-electron chi connectivity index (χ2n) is 26.4. The molecule has 0 aromatic rings. The highest BCUT2D eigenvalue weighted by molar-refractivity contribution is 5.76. The number of allylic oxidation sites excluding steroid dienone is 7. The number of aliphatic hydroxyl groups is 11. The molecule has 0 aromatic carbocycles. The predicted octanol–water partition coefficient (Wildman–Crippen LogP) is 10.6. The summed E-state index contributed by atoms with van der Waals surface area (Å²) in [5, 5.41) is 120. The van der Waals surface area contributed by atoms with Gasteiger partial charge >= 0.3 is 0 Å². The lowest BCUT2D eigenvalue weighted by Gasteiger charge is -2.48. The van der Waals surface area contributed by atoms with Gasteiger partial charge in [0.2, 0.25) is 5.91 Å². The van der Waals surface area contributed by atoms with Gasteiger partial charge in [0.25, 0.3) is 0 Å². The van der Waals surface area contributed by atoms with Gasteiger partial charge in [-0.2, -0.15) is 0 Å². The van der Waals surface area contributed by atoms with Crippen molar-refractivity contribution in [2.24, 2.45) is 0 Å². The molecule has 17 atom stereocenters. The van der Waals surface area contributed by atoms with Crippen LogP contribution in [0.5, 0.6) is 0 Å². The van der Waals surface area contributed by atoms with Crippen molar-refractivity contribution >= 4 is 5.91 Å². The van der Waals surface area contributed by atoms with Crippen LogP contribution in [-0.4, -0.2) is 193 Å². The van der Waals surface area contributed by atoms with E-state index in [4.69, 9.17) is 28.4 Å². The van der Waals surface area contributed by atoms with E-state index in [1.54, 1.807) is 6.08 Å². The van der Waals surface area contributed by atoms with Crippen LogP contribution in [0.1, 0.15) is 277 Å². The third-order valence-corrected chi connectivity index (χ3v) is 18.4. The summed E-state index contributed by atoms with van der Waals surface area (Å²) in [4.78, 5) is 13.4. The van der Waals surface area contributed by atoms with E-state index >= 15 is 0 Å². The number of hydrogen-bond donors (Lipinski definition) is 12. The first-order valence-electron chi connectivity index (χ1n) is 36.9. The molecule has 0 aromatic heterocycles. The van der Waals surface area contributed by atoms with Crippen molar-refractivity contribution in [2.45, 2.75) is 381 Å². The summed E-state index contributed by atoms with van der Waals surface area (Å²) in [6.45, 7) is 1.73. The molecule has 19 nitrogen and oxygen atoms in total. The SMILES string of the molecule is CCCCCCC/C=C\C/C=C\C/C=C\CCCCCCCCCCCCCCCCCCCCC(=O)NC(COC1OC(CO)C(OC2OC(CO)C(OC3OC(CO)C(O)C(O)C3O)C(O)C2O)C(O)C1O)C(O)/C=C/CCCCCCCCCCCCCC. The molecule has 0 bridgehead atoms. The van der Waals surface area contributed by atoms with Gasteiger partial charge in [0.05, 0.1) is 38.6 Å². The van der Waals surface area contributed by atoms with E-state index in [1.165, 1.54) is 193 Å². The summed E-state index contributed by atoms with van der Waals surface area (Å²) in [7, 11) is 0. The summed E-state index contributed by atoms with van der Waals surface area (Å²) >= 11 is 0. The van der Waals surface area contributed by atoms with Crippen LogP contribution in [0.15, 0.2) is 48.6 Å². The number of rotatable bonds is 57. The van der Waals surface area contributed by atoms with E-state index in [-0.39, 0.29) is 18.9 Å². The van der Waals surface area contributed by atoms with Gasteiger partial charge in [0.1, 0.15) is 73.2 Å². The van der Waals surface area contributed by atoms with Crippen LogP contribution in [0.3, 0.4) is 0 Å². The van der Waals surface area contributed by atoms with Crippen molar-refractivity contribution in [2.75, 3.05) is 26.4 Å². The largest absolute Gasteiger partial charge is 0.394 e. The Labute approximate surface area is 554 Å². The summed E-state index contributed by atoms with van der Waals surface area (Å²) in [5.74, 6) is -0.273. The molecular formula is C73H133NO18.